The van der Waals surface area contributed by atoms with Gasteiger partial charge in [-0.1, -0.05) is 47.5 Å². The van der Waals surface area contributed by atoms with Crippen molar-refractivity contribution >= 4 is 50.7 Å². The van der Waals surface area contributed by atoms with E-state index in [2.05, 4.69) is 5.32 Å². The van der Waals surface area contributed by atoms with Crippen LogP contribution < -0.4 is 14.4 Å². The van der Waals surface area contributed by atoms with Gasteiger partial charge < -0.3 is 15.0 Å². The Morgan fingerprint density at radius 2 is 1.62 bits per heavy atom. The van der Waals surface area contributed by atoms with Crippen LogP contribution in [-0.4, -0.2) is 50.4 Å². The molecule has 0 aliphatic rings. The number of carbonyl (C=O) groups excluding carboxylic acids is 2. The maximum atomic E-state index is 14.0. The zero-order chi connectivity index (χ0) is 29.7. The Balaban J connectivity index is 2.05. The van der Waals surface area contributed by atoms with Crippen molar-refractivity contribution in [3.63, 3.8) is 0 Å². The molecule has 0 saturated heterocycles. The van der Waals surface area contributed by atoms with Crippen molar-refractivity contribution in [2.45, 2.75) is 50.7 Å². The van der Waals surface area contributed by atoms with E-state index in [-0.39, 0.29) is 23.0 Å². The third-order valence-electron chi connectivity index (χ3n) is 5.99. The van der Waals surface area contributed by atoms with Crippen LogP contribution in [0.4, 0.5) is 5.69 Å². The molecule has 0 heterocycles. The zero-order valence-electron chi connectivity index (χ0n) is 23.0. The van der Waals surface area contributed by atoms with E-state index in [1.54, 1.807) is 49.4 Å². The Morgan fingerprint density at radius 3 is 2.20 bits per heavy atom. The van der Waals surface area contributed by atoms with Gasteiger partial charge in [-0.3, -0.25) is 13.9 Å². The number of halogens is 2. The van der Waals surface area contributed by atoms with E-state index >= 15 is 0 Å². The first-order chi connectivity index (χ1) is 18.7. The number of sulfonamides is 1. The maximum Gasteiger partial charge on any atom is 0.264 e. The van der Waals surface area contributed by atoms with Gasteiger partial charge in [0.2, 0.25) is 11.8 Å². The standard InChI is InChI=1S/C29H33Cl2N3O5S/c1-20(28(36)32-29(2,3)4)33(18-21-9-6-7-12-26(21)31)27(35)19-34(23-11-8-10-22(30)17-23)40(37,38)25-15-13-24(39-5)14-16-25/h6-17,20H,18-19H2,1-5H3,(H,32,36). The zero-order valence-corrected chi connectivity index (χ0v) is 25.3. The Morgan fingerprint density at radius 1 is 0.975 bits per heavy atom. The molecule has 2 amide bonds. The van der Waals surface area contributed by atoms with Crippen molar-refractivity contribution in [3.8, 4) is 5.75 Å². The minimum atomic E-state index is -4.24. The van der Waals surface area contributed by atoms with Gasteiger partial charge in [0.05, 0.1) is 17.7 Å². The molecular weight excluding hydrogens is 573 g/mol. The first kappa shape index (κ1) is 31.3. The minimum absolute atomic E-state index is 0.0107. The topological polar surface area (TPSA) is 96.0 Å². The SMILES string of the molecule is COc1ccc(S(=O)(=O)N(CC(=O)N(Cc2ccccc2Cl)C(C)C(=O)NC(C)(C)C)c2cccc(Cl)c2)cc1. The van der Waals surface area contributed by atoms with Crippen molar-refractivity contribution in [2.75, 3.05) is 18.0 Å². The second-order valence-corrected chi connectivity index (χ2v) is 12.9. The van der Waals surface area contributed by atoms with Gasteiger partial charge in [-0.25, -0.2) is 8.42 Å². The number of carbonyl (C=O) groups is 2. The van der Waals surface area contributed by atoms with Gasteiger partial charge in [0, 0.05) is 22.1 Å². The van der Waals surface area contributed by atoms with Gasteiger partial charge in [0.25, 0.3) is 10.0 Å². The number of ether oxygens (including phenoxy) is 1. The highest BCUT2D eigenvalue weighted by Gasteiger charge is 2.33. The third-order valence-corrected chi connectivity index (χ3v) is 8.38. The summed E-state index contributed by atoms with van der Waals surface area (Å²) in [6.07, 6.45) is 0. The molecule has 0 spiro atoms. The normalized spacial score (nSPS) is 12.4. The fourth-order valence-corrected chi connectivity index (χ4v) is 5.69. The molecule has 214 valence electrons. The number of rotatable bonds is 10. The van der Waals surface area contributed by atoms with Crippen molar-refractivity contribution in [1.82, 2.24) is 10.2 Å². The Kier molecular flexibility index (Phi) is 10.1. The maximum absolute atomic E-state index is 14.0. The van der Waals surface area contributed by atoms with Crippen LogP contribution in [0.15, 0.2) is 77.7 Å². The molecule has 0 bridgehead atoms. The van der Waals surface area contributed by atoms with Crippen LogP contribution >= 0.6 is 23.2 Å². The van der Waals surface area contributed by atoms with Crippen molar-refractivity contribution < 1.29 is 22.7 Å². The molecule has 1 atom stereocenters. The number of hydrogen-bond donors (Lipinski definition) is 1. The number of methoxy groups -OCH3 is 1. The largest absolute Gasteiger partial charge is 0.497 e. The summed E-state index contributed by atoms with van der Waals surface area (Å²) in [5, 5.41) is 3.60. The molecule has 0 aromatic heterocycles. The summed E-state index contributed by atoms with van der Waals surface area (Å²) in [5.74, 6) is -0.511. The highest BCUT2D eigenvalue weighted by molar-refractivity contribution is 7.92. The van der Waals surface area contributed by atoms with E-state index in [4.69, 9.17) is 27.9 Å². The summed E-state index contributed by atoms with van der Waals surface area (Å²) in [4.78, 5) is 28.4. The summed E-state index contributed by atoms with van der Waals surface area (Å²) in [7, 11) is -2.76. The molecular formula is C29H33Cl2N3O5S. The Bertz CT molecular complexity index is 1460. The van der Waals surface area contributed by atoms with E-state index in [9.17, 15) is 18.0 Å². The molecule has 1 unspecified atom stereocenters. The summed E-state index contributed by atoms with van der Waals surface area (Å²) >= 11 is 12.6. The second-order valence-electron chi connectivity index (χ2n) is 10.2. The van der Waals surface area contributed by atoms with Gasteiger partial charge >= 0.3 is 0 Å². The summed E-state index contributed by atoms with van der Waals surface area (Å²) in [6, 6.07) is 18.1. The molecule has 3 rings (SSSR count). The smallest absolute Gasteiger partial charge is 0.264 e. The molecule has 8 nitrogen and oxygen atoms in total. The number of nitrogens with one attached hydrogen (secondary N) is 1. The predicted octanol–water partition coefficient (Wildman–Crippen LogP) is 5.53. The van der Waals surface area contributed by atoms with E-state index in [0.29, 0.717) is 21.4 Å². The van der Waals surface area contributed by atoms with Crippen LogP contribution in [0.5, 0.6) is 5.75 Å². The second kappa shape index (κ2) is 12.9. The van der Waals surface area contributed by atoms with Crippen molar-refractivity contribution in [3.05, 3.63) is 88.4 Å². The highest BCUT2D eigenvalue weighted by Crippen LogP contribution is 2.28. The fourth-order valence-electron chi connectivity index (χ4n) is 3.90. The third kappa shape index (κ3) is 7.90. The number of benzene rings is 3. The Labute approximate surface area is 245 Å². The molecule has 3 aromatic carbocycles. The fraction of sp³-hybridized carbons (Fsp3) is 0.310. The van der Waals surface area contributed by atoms with Crippen molar-refractivity contribution in [2.24, 2.45) is 0 Å². The molecule has 40 heavy (non-hydrogen) atoms. The molecule has 0 aliphatic heterocycles. The quantitative estimate of drug-likeness (QED) is 0.328. The first-order valence-corrected chi connectivity index (χ1v) is 14.7. The van der Waals surface area contributed by atoms with Crippen LogP contribution in [0.3, 0.4) is 0 Å². The lowest BCUT2D eigenvalue weighted by molar-refractivity contribution is -0.140. The molecule has 1 N–H and O–H groups in total. The van der Waals surface area contributed by atoms with E-state index < -0.39 is 34.1 Å². The molecule has 0 radical (unpaired) electrons. The number of nitrogens with zero attached hydrogens (tertiary/aromatic N) is 2. The van der Waals surface area contributed by atoms with Crippen LogP contribution in [0.25, 0.3) is 0 Å². The molecule has 0 saturated carbocycles. The van der Waals surface area contributed by atoms with Crippen molar-refractivity contribution in [1.29, 1.82) is 0 Å². The van der Waals surface area contributed by atoms with Gasteiger partial charge in [0.15, 0.2) is 0 Å². The minimum Gasteiger partial charge on any atom is -0.497 e. The summed E-state index contributed by atoms with van der Waals surface area (Å²) < 4.78 is 33.9. The average Bonchev–Trinajstić information content (AvgIpc) is 2.89. The highest BCUT2D eigenvalue weighted by atomic mass is 35.5. The van der Waals surface area contributed by atoms with Crippen LogP contribution in [0, 0.1) is 0 Å². The lowest BCUT2D eigenvalue weighted by atomic mass is 10.1. The molecule has 11 heteroatoms. The van der Waals surface area contributed by atoms with Crippen LogP contribution in [0.2, 0.25) is 10.0 Å². The molecule has 3 aromatic rings. The summed E-state index contributed by atoms with van der Waals surface area (Å²) in [5.41, 5.74) is 0.260. The van der Waals surface area contributed by atoms with Crippen LogP contribution in [-0.2, 0) is 26.2 Å². The average molecular weight is 607 g/mol. The van der Waals surface area contributed by atoms with E-state index in [1.807, 2.05) is 20.8 Å². The number of hydrogen-bond acceptors (Lipinski definition) is 5. The number of anilines is 1. The monoisotopic (exact) mass is 605 g/mol. The predicted molar refractivity (Wildman–Crippen MR) is 158 cm³/mol. The van der Waals surface area contributed by atoms with Gasteiger partial charge in [0.1, 0.15) is 18.3 Å². The van der Waals surface area contributed by atoms with E-state index in [1.165, 1.54) is 42.3 Å². The number of amides is 2. The lowest BCUT2D eigenvalue weighted by Crippen LogP contribution is -2.54. The summed E-state index contributed by atoms with van der Waals surface area (Å²) in [6.45, 7) is 6.49. The van der Waals surface area contributed by atoms with Crippen LogP contribution in [0.1, 0.15) is 33.3 Å². The van der Waals surface area contributed by atoms with E-state index in [0.717, 1.165) is 4.31 Å². The van der Waals surface area contributed by atoms with Gasteiger partial charge in [-0.2, -0.15) is 0 Å². The first-order valence-electron chi connectivity index (χ1n) is 12.5. The van der Waals surface area contributed by atoms with Gasteiger partial charge in [-0.05, 0) is 81.8 Å². The van der Waals surface area contributed by atoms with Gasteiger partial charge in [-0.15, -0.1) is 0 Å². The lowest BCUT2D eigenvalue weighted by Gasteiger charge is -2.33. The molecule has 0 fully saturated rings. The molecule has 0 aliphatic carbocycles. The Hall–Kier alpha value is -3.27.